The van der Waals surface area contributed by atoms with Gasteiger partial charge in [-0.1, -0.05) is 18.2 Å². The van der Waals surface area contributed by atoms with E-state index in [1.54, 1.807) is 16.9 Å². The van der Waals surface area contributed by atoms with Crippen LogP contribution >= 0.6 is 0 Å². The van der Waals surface area contributed by atoms with Crippen molar-refractivity contribution in [3.8, 4) is 5.82 Å². The van der Waals surface area contributed by atoms with Crippen LogP contribution in [0.1, 0.15) is 16.1 Å². The van der Waals surface area contributed by atoms with Crippen molar-refractivity contribution in [3.63, 3.8) is 0 Å². The topological polar surface area (TPSA) is 73.8 Å². The maximum absolute atomic E-state index is 11.6. The molecule has 19 heavy (non-hydrogen) atoms. The van der Waals surface area contributed by atoms with Crippen molar-refractivity contribution in [2.45, 2.75) is 6.92 Å². The fourth-order valence-corrected chi connectivity index (χ4v) is 1.99. The summed E-state index contributed by atoms with van der Waals surface area (Å²) in [4.78, 5) is 16.1. The summed E-state index contributed by atoms with van der Waals surface area (Å²) in [6.07, 6.45) is 1.76. The molecule has 1 amide bonds. The monoisotopic (exact) mass is 252 g/mol. The highest BCUT2D eigenvalue weighted by atomic mass is 16.1. The number of para-hydroxylation sites is 1. The predicted octanol–water partition coefficient (Wildman–Crippen LogP) is 1.83. The molecule has 5 nitrogen and oxygen atoms in total. The van der Waals surface area contributed by atoms with Crippen LogP contribution in [0.2, 0.25) is 0 Å². The van der Waals surface area contributed by atoms with Gasteiger partial charge >= 0.3 is 0 Å². The molecule has 0 aliphatic heterocycles. The van der Waals surface area contributed by atoms with Gasteiger partial charge in [-0.15, -0.1) is 0 Å². The van der Waals surface area contributed by atoms with Crippen molar-refractivity contribution in [2.75, 3.05) is 0 Å². The zero-order chi connectivity index (χ0) is 13.4. The van der Waals surface area contributed by atoms with Crippen LogP contribution in [-0.4, -0.2) is 20.7 Å². The number of fused-ring (bicyclic) bond motifs is 1. The molecule has 94 valence electrons. The lowest BCUT2D eigenvalue weighted by Crippen LogP contribution is -2.16. The predicted molar refractivity (Wildman–Crippen MR) is 72.1 cm³/mol. The number of amides is 1. The number of benzene rings is 1. The van der Waals surface area contributed by atoms with Crippen molar-refractivity contribution < 1.29 is 4.79 Å². The van der Waals surface area contributed by atoms with Crippen molar-refractivity contribution in [3.05, 3.63) is 53.9 Å². The molecular weight excluding hydrogens is 240 g/mol. The molecule has 0 unspecified atom stereocenters. The Morgan fingerprint density at radius 1 is 1.26 bits per heavy atom. The average Bonchev–Trinajstić information content (AvgIpc) is 2.83. The largest absolute Gasteiger partial charge is 0.365 e. The first kappa shape index (κ1) is 11.4. The Hall–Kier alpha value is -2.69. The third-order valence-corrected chi connectivity index (χ3v) is 2.91. The molecule has 0 bridgehead atoms. The fourth-order valence-electron chi connectivity index (χ4n) is 1.99. The normalized spacial score (nSPS) is 10.8. The van der Waals surface area contributed by atoms with Crippen LogP contribution in [-0.2, 0) is 0 Å². The first-order valence-electron chi connectivity index (χ1n) is 5.87. The number of nitrogens with zero attached hydrogens (tertiary/aromatic N) is 3. The second-order valence-corrected chi connectivity index (χ2v) is 4.32. The summed E-state index contributed by atoms with van der Waals surface area (Å²) in [6, 6.07) is 11.2. The number of hydrogen-bond acceptors (Lipinski definition) is 3. The number of aromatic nitrogens is 3. The number of aryl methyl sites for hydroxylation is 1. The van der Waals surface area contributed by atoms with E-state index in [1.165, 1.54) is 0 Å². The van der Waals surface area contributed by atoms with E-state index in [0.29, 0.717) is 11.4 Å². The van der Waals surface area contributed by atoms with Gasteiger partial charge in [0.1, 0.15) is 0 Å². The number of nitrogens with two attached hydrogens (primary N) is 1. The van der Waals surface area contributed by atoms with Gasteiger partial charge in [0.2, 0.25) is 0 Å². The smallest absolute Gasteiger partial charge is 0.252 e. The maximum Gasteiger partial charge on any atom is 0.252 e. The molecule has 0 aliphatic carbocycles. The van der Waals surface area contributed by atoms with E-state index in [4.69, 9.17) is 5.73 Å². The Bertz CT molecular complexity index is 776. The summed E-state index contributed by atoms with van der Waals surface area (Å²) in [5.74, 6) is -0.0549. The Labute approximate surface area is 109 Å². The number of carbonyl (C=O) groups excluding carboxylic acids is 1. The quantitative estimate of drug-likeness (QED) is 0.756. The highest BCUT2D eigenvalue weighted by molar-refractivity contribution is 5.99. The van der Waals surface area contributed by atoms with Crippen LogP contribution in [0, 0.1) is 6.92 Å². The Kier molecular flexibility index (Phi) is 2.52. The lowest BCUT2D eigenvalue weighted by atomic mass is 10.1. The second-order valence-electron chi connectivity index (χ2n) is 4.32. The van der Waals surface area contributed by atoms with E-state index in [2.05, 4.69) is 10.1 Å². The highest BCUT2D eigenvalue weighted by Crippen LogP contribution is 2.19. The molecule has 3 rings (SSSR count). The van der Waals surface area contributed by atoms with E-state index in [-0.39, 0.29) is 0 Å². The lowest BCUT2D eigenvalue weighted by molar-refractivity contribution is 0.1000. The molecule has 5 heteroatoms. The molecule has 0 saturated carbocycles. The minimum absolute atomic E-state index is 0.363. The third kappa shape index (κ3) is 1.95. The Morgan fingerprint density at radius 2 is 2.05 bits per heavy atom. The van der Waals surface area contributed by atoms with Crippen LogP contribution in [0.5, 0.6) is 0 Å². The van der Waals surface area contributed by atoms with Gasteiger partial charge in [-0.25, -0.2) is 9.67 Å². The van der Waals surface area contributed by atoms with Gasteiger partial charge in [-0.05, 0) is 25.1 Å². The number of rotatable bonds is 2. The molecule has 0 saturated heterocycles. The van der Waals surface area contributed by atoms with Gasteiger partial charge < -0.3 is 5.73 Å². The van der Waals surface area contributed by atoms with Crippen LogP contribution < -0.4 is 5.73 Å². The van der Waals surface area contributed by atoms with E-state index in [9.17, 15) is 4.79 Å². The van der Waals surface area contributed by atoms with Crippen LogP contribution in [0.4, 0.5) is 0 Å². The van der Waals surface area contributed by atoms with Gasteiger partial charge in [-0.2, -0.15) is 5.10 Å². The van der Waals surface area contributed by atoms with Crippen molar-refractivity contribution in [2.24, 2.45) is 5.73 Å². The molecule has 3 aromatic rings. The minimum Gasteiger partial charge on any atom is -0.365 e. The maximum atomic E-state index is 11.6. The molecule has 0 atom stereocenters. The summed E-state index contributed by atoms with van der Waals surface area (Å²) < 4.78 is 1.57. The fraction of sp³-hybridized carbons (Fsp3) is 0.0714. The molecule has 2 aromatic heterocycles. The SMILES string of the molecule is Cc1ccn(-c2nc3ccccc3cc2C(N)=O)n1. The number of hydrogen-bond donors (Lipinski definition) is 1. The van der Waals surface area contributed by atoms with Crippen molar-refractivity contribution >= 4 is 16.8 Å². The second kappa shape index (κ2) is 4.20. The average molecular weight is 252 g/mol. The minimum atomic E-state index is -0.513. The molecule has 0 radical (unpaired) electrons. The zero-order valence-electron chi connectivity index (χ0n) is 10.4. The zero-order valence-corrected chi connectivity index (χ0v) is 10.4. The van der Waals surface area contributed by atoms with E-state index in [1.807, 2.05) is 37.3 Å². The molecule has 0 fully saturated rings. The van der Waals surface area contributed by atoms with Gasteiger partial charge in [0.15, 0.2) is 5.82 Å². The van der Waals surface area contributed by atoms with E-state index < -0.39 is 5.91 Å². The van der Waals surface area contributed by atoms with E-state index in [0.717, 1.165) is 16.6 Å². The Morgan fingerprint density at radius 3 is 2.74 bits per heavy atom. The standard InChI is InChI=1S/C14H12N4O/c1-9-6-7-18(17-9)14-11(13(15)19)8-10-4-2-3-5-12(10)16-14/h2-8H,1H3,(H2,15,19). The number of carbonyl (C=O) groups is 1. The van der Waals surface area contributed by atoms with Crippen molar-refractivity contribution in [1.82, 2.24) is 14.8 Å². The van der Waals surface area contributed by atoms with Gasteiger partial charge in [0.25, 0.3) is 5.91 Å². The summed E-state index contributed by atoms with van der Waals surface area (Å²) in [5.41, 5.74) is 7.45. The van der Waals surface area contributed by atoms with E-state index >= 15 is 0 Å². The molecule has 2 heterocycles. The summed E-state index contributed by atoms with van der Waals surface area (Å²) in [6.45, 7) is 1.88. The van der Waals surface area contributed by atoms with Crippen LogP contribution in [0.15, 0.2) is 42.6 Å². The van der Waals surface area contributed by atoms with Crippen LogP contribution in [0.3, 0.4) is 0 Å². The van der Waals surface area contributed by atoms with Gasteiger partial charge in [-0.3, -0.25) is 4.79 Å². The van der Waals surface area contributed by atoms with Crippen LogP contribution in [0.25, 0.3) is 16.7 Å². The molecule has 1 aromatic carbocycles. The molecular formula is C14H12N4O. The Balaban J connectivity index is 2.32. The number of pyridine rings is 1. The summed E-state index contributed by atoms with van der Waals surface area (Å²) in [5, 5.41) is 5.16. The number of primary amides is 1. The lowest BCUT2D eigenvalue weighted by Gasteiger charge is -2.08. The summed E-state index contributed by atoms with van der Waals surface area (Å²) in [7, 11) is 0. The van der Waals surface area contributed by atoms with Gasteiger partial charge in [0.05, 0.1) is 16.8 Å². The molecule has 0 aliphatic rings. The first-order chi connectivity index (χ1) is 9.15. The third-order valence-electron chi connectivity index (χ3n) is 2.91. The molecule has 0 spiro atoms. The summed E-state index contributed by atoms with van der Waals surface area (Å²) >= 11 is 0. The highest BCUT2D eigenvalue weighted by Gasteiger charge is 2.13. The van der Waals surface area contributed by atoms with Gasteiger partial charge in [0, 0.05) is 11.6 Å². The first-order valence-corrected chi connectivity index (χ1v) is 5.87. The molecule has 2 N–H and O–H groups in total. The van der Waals surface area contributed by atoms with Crippen molar-refractivity contribution in [1.29, 1.82) is 0 Å².